The van der Waals surface area contributed by atoms with Crippen molar-refractivity contribution in [3.05, 3.63) is 319 Å². The molecular weight excluding hydrogens is 2030 g/mol. The lowest BCUT2D eigenvalue weighted by molar-refractivity contribution is 0.0658. The van der Waals surface area contributed by atoms with Crippen LogP contribution in [0.4, 0.5) is 45.5 Å². The molecule has 41 heteroatoms. The average Bonchev–Trinajstić information content (AvgIpc) is 1.60. The lowest BCUT2D eigenvalue weighted by Gasteiger charge is -2.28. The summed E-state index contributed by atoms with van der Waals surface area (Å²) in [6.45, 7) is 3.09. The Hall–Kier alpha value is -16.9. The Kier molecular flexibility index (Phi) is 31.5. The summed E-state index contributed by atoms with van der Waals surface area (Å²) in [6.07, 6.45) is 22.7. The molecule has 2 amide bonds. The Balaban J connectivity index is 0.000000126. The number of ether oxygens (including phenoxy) is 8. The molecule has 150 heavy (non-hydrogen) atoms. The summed E-state index contributed by atoms with van der Waals surface area (Å²) in [7, 11) is 14.8. The van der Waals surface area contributed by atoms with Gasteiger partial charge in [-0.3, -0.25) is 63.6 Å². The highest BCUT2D eigenvalue weighted by Crippen LogP contribution is 2.43. The summed E-state index contributed by atoms with van der Waals surface area (Å²) in [5, 5.41) is 38.4. The van der Waals surface area contributed by atoms with Crippen molar-refractivity contribution in [1.82, 2.24) is 84.3 Å². The van der Waals surface area contributed by atoms with Crippen LogP contribution in [0.15, 0.2) is 291 Å². The number of aliphatic imine (C=N–C) groups is 2. The normalized spacial score (nSPS) is 12.4. The molecule has 11 aromatic heterocycles. The number of thiophene rings is 3. The Morgan fingerprint density at radius 1 is 0.373 bits per heavy atom. The zero-order chi connectivity index (χ0) is 104. The number of hydrogen-bond donors (Lipinski definition) is 3. The maximum absolute atomic E-state index is 13.0. The Morgan fingerprint density at radius 2 is 0.740 bits per heavy atom. The topological polar surface area (TPSA) is 375 Å². The quantitative estimate of drug-likeness (QED) is 0.0315. The maximum atomic E-state index is 13.0. The molecule has 13 heterocycles. The minimum Gasteiger partial charge on any atom is -0.497 e. The summed E-state index contributed by atoms with van der Waals surface area (Å²) in [5.41, 5.74) is 21.0. The fourth-order valence-corrected chi connectivity index (χ4v) is 20.1. The number of carbonyl (C=O) groups excluding carboxylic acids is 2. The number of rotatable bonds is 34. The van der Waals surface area contributed by atoms with Gasteiger partial charge in [-0.15, -0.1) is 34.0 Å². The first-order valence-corrected chi connectivity index (χ1v) is 50.4. The second-order valence-electron chi connectivity index (χ2n) is 33.9. The minimum atomic E-state index is -0.462. The van der Waals surface area contributed by atoms with E-state index in [0.29, 0.717) is 113 Å². The first-order chi connectivity index (χ1) is 73.1. The Morgan fingerprint density at radius 3 is 1.10 bits per heavy atom. The summed E-state index contributed by atoms with van der Waals surface area (Å²) in [5.74, 6) is 4.75. The van der Waals surface area contributed by atoms with Crippen molar-refractivity contribution >= 4 is 182 Å². The van der Waals surface area contributed by atoms with Gasteiger partial charge in [0.2, 0.25) is 0 Å². The van der Waals surface area contributed by atoms with Crippen molar-refractivity contribution in [3.8, 4) is 91.0 Å². The molecule has 0 fully saturated rings. The number of aromatic amines is 1. The monoisotopic (exact) mass is 2120 g/mol. The molecule has 0 spiro atoms. The largest absolute Gasteiger partial charge is 0.497 e. The molecule has 3 N–H and O–H groups in total. The van der Waals surface area contributed by atoms with Crippen LogP contribution in [0.3, 0.4) is 0 Å². The second kappa shape index (κ2) is 46.5. The van der Waals surface area contributed by atoms with Gasteiger partial charge in [-0.05, 0) is 121 Å². The molecule has 0 aliphatic carbocycles. The molecule has 2 aliphatic rings. The number of halogens is 3. The van der Waals surface area contributed by atoms with Crippen molar-refractivity contribution in [3.63, 3.8) is 0 Å². The van der Waals surface area contributed by atoms with Crippen molar-refractivity contribution in [2.45, 2.75) is 32.3 Å². The number of nitrogens with one attached hydrogen (secondary N) is 1. The Bertz CT molecular complexity index is 8220. The number of fused-ring (bicyclic) bond motifs is 5. The fourth-order valence-electron chi connectivity index (χ4n) is 16.9. The number of carbonyl (C=O) groups is 2. The molecular formula is C109H96Cl3N23O12S3. The van der Waals surface area contributed by atoms with E-state index in [1.807, 2.05) is 217 Å². The molecule has 9 aromatic carbocycles. The van der Waals surface area contributed by atoms with Gasteiger partial charge in [-0.25, -0.2) is 19.9 Å². The molecule has 758 valence electrons. The highest BCUT2D eigenvalue weighted by Gasteiger charge is 2.36. The number of methoxy groups -OCH3 is 8. The Labute approximate surface area is 887 Å². The third kappa shape index (κ3) is 23.7. The van der Waals surface area contributed by atoms with Gasteiger partial charge in [0.05, 0.1) is 249 Å². The van der Waals surface area contributed by atoms with Gasteiger partial charge in [0, 0.05) is 206 Å². The van der Waals surface area contributed by atoms with E-state index in [1.54, 1.807) is 186 Å². The van der Waals surface area contributed by atoms with E-state index in [9.17, 15) is 19.8 Å². The molecule has 0 saturated carbocycles. The number of hydrogen-bond acceptors (Lipinski definition) is 33. The molecule has 35 nitrogen and oxygen atoms in total. The summed E-state index contributed by atoms with van der Waals surface area (Å²) in [6, 6.07) is 65.3. The van der Waals surface area contributed by atoms with Gasteiger partial charge in [-0.1, -0.05) is 46.9 Å². The number of nitrogens with zero attached hydrogens (tertiary/aromatic N) is 22. The number of imide groups is 1. The van der Waals surface area contributed by atoms with Crippen LogP contribution < -0.4 is 57.5 Å². The van der Waals surface area contributed by atoms with E-state index in [0.717, 1.165) is 151 Å². The summed E-state index contributed by atoms with van der Waals surface area (Å²) in [4.78, 5) is 85.8. The zero-order valence-electron chi connectivity index (χ0n) is 82.3. The van der Waals surface area contributed by atoms with Gasteiger partial charge in [0.1, 0.15) is 46.0 Å². The predicted molar refractivity (Wildman–Crippen MR) is 587 cm³/mol. The van der Waals surface area contributed by atoms with Gasteiger partial charge in [0.25, 0.3) is 11.8 Å². The fraction of sp³-hybridized carbons (Fsp3) is 0.174. The number of aliphatic hydroxyl groups excluding tert-OH is 2. The average molecular weight is 2120 g/mol. The van der Waals surface area contributed by atoms with Crippen LogP contribution in [0.25, 0.3) is 89.2 Å². The van der Waals surface area contributed by atoms with Crippen LogP contribution in [0.1, 0.15) is 35.3 Å². The number of aliphatic hydroxyl groups is 2. The van der Waals surface area contributed by atoms with Crippen molar-refractivity contribution in [2.24, 2.45) is 17.0 Å². The van der Waals surface area contributed by atoms with Gasteiger partial charge >= 0.3 is 0 Å². The lowest BCUT2D eigenvalue weighted by Crippen LogP contribution is -2.36. The van der Waals surface area contributed by atoms with Crippen LogP contribution in [0.5, 0.6) is 46.0 Å². The summed E-state index contributed by atoms with van der Waals surface area (Å²) >= 11 is 23.2. The lowest BCUT2D eigenvalue weighted by atomic mass is 10.1. The van der Waals surface area contributed by atoms with Crippen LogP contribution in [-0.2, 0) is 33.2 Å². The number of amides is 2. The maximum Gasteiger partial charge on any atom is 0.261 e. The summed E-state index contributed by atoms with van der Waals surface area (Å²) < 4.78 is 51.7. The van der Waals surface area contributed by atoms with E-state index >= 15 is 0 Å². The second-order valence-corrected chi connectivity index (χ2v) is 39.3. The van der Waals surface area contributed by atoms with Crippen molar-refractivity contribution < 1.29 is 57.7 Å². The molecule has 22 rings (SSSR count). The van der Waals surface area contributed by atoms with Crippen LogP contribution in [0, 0.1) is 0 Å². The van der Waals surface area contributed by atoms with Crippen LogP contribution in [-0.4, -0.2) is 214 Å². The van der Waals surface area contributed by atoms with Crippen LogP contribution >= 0.6 is 68.8 Å². The molecule has 1 unspecified atom stereocenters. The van der Waals surface area contributed by atoms with Gasteiger partial charge < -0.3 is 67.7 Å². The zero-order valence-corrected chi connectivity index (χ0v) is 87.0. The molecule has 20 aromatic rings. The first kappa shape index (κ1) is 102. The SMILES string of the molecule is COc1cc(OC)cc(N(CC2=NC(CO)N=C2)c2ccc3ncc(-c4cnn(C)c4)nc3c2)c1.COc1cc(OC)cc(N(CCN2C(=O)c3ccccc3C2=O)c2ccc3ncc(-c4cn[nH]c4)nc3c2)c1.COc1cc(OC)cc(N(Cc2ccc(Cl)s2)c2ccc3ncc(-c4cnn(CCO)c4)nc3c2)c1.COc1cc(OC)cc(N(Cc2ccc(Cl)s2)c2ccc3ncc(-c4cnn(Cc5ccc(Cl)s5)c4)nc3c2)c1. The minimum absolute atomic E-state index is 0.0220. The van der Waals surface area contributed by atoms with Gasteiger partial charge in [-0.2, -0.15) is 20.4 Å². The number of anilines is 8. The third-order valence-corrected chi connectivity index (χ3v) is 28.0. The first-order valence-electron chi connectivity index (χ1n) is 46.8. The molecule has 0 saturated heterocycles. The van der Waals surface area contributed by atoms with Crippen molar-refractivity contribution in [2.75, 3.05) is 109 Å². The molecule has 2 aliphatic heterocycles. The van der Waals surface area contributed by atoms with E-state index in [2.05, 4.69) is 70.1 Å². The van der Waals surface area contributed by atoms with E-state index in [1.165, 1.54) is 4.90 Å². The number of aromatic nitrogens is 16. The molecule has 0 radical (unpaired) electrons. The van der Waals surface area contributed by atoms with Crippen molar-refractivity contribution in [1.29, 1.82) is 0 Å². The highest BCUT2D eigenvalue weighted by molar-refractivity contribution is 7.16. The van der Waals surface area contributed by atoms with Crippen LogP contribution in [0.2, 0.25) is 13.0 Å². The van der Waals surface area contributed by atoms with E-state index in [-0.39, 0.29) is 31.6 Å². The number of H-pyrrole nitrogens is 1. The molecule has 1 atom stereocenters. The third-order valence-electron chi connectivity index (χ3n) is 24.4. The van der Waals surface area contributed by atoms with E-state index < -0.39 is 6.17 Å². The molecule has 0 bridgehead atoms. The predicted octanol–water partition coefficient (Wildman–Crippen LogP) is 21.4. The highest BCUT2D eigenvalue weighted by atomic mass is 35.5. The number of aryl methyl sites for hydroxylation is 1. The number of benzene rings is 9. The smallest absolute Gasteiger partial charge is 0.261 e. The van der Waals surface area contributed by atoms with Gasteiger partial charge in [0.15, 0.2) is 6.17 Å². The van der Waals surface area contributed by atoms with E-state index in [4.69, 9.17) is 92.6 Å². The standard InChI is InChI=1S/C29H23Cl2N5O2S2.C29H24N6O4.C26H24ClN5O3S.C25H25N7O3/c1-37-21-9-20(10-22(12-21)38-2)36(17-24-5-8-29(31)40-24)19-3-6-25-26(11-19)34-27(14-32-25)18-13-33-35(15-18)16-23-4-7-28(30)39-23;1-38-21-11-20(12-22(14-21)39-2)34(9-10-35-28(36)23-5-3-4-6-24(23)29(35)37)19-7-8-25-26(13-19)33-27(17-30-25)18-15-31-32-16-18;1-34-20-9-19(10-21(12-20)35-2)32(16-22-4-6-26(27)36-22)18-3-5-23-24(11-18)30-25(14-28-23)17-13-29-31(15-17)7-8-33;1-31-13-16(10-28-31)24-12-26-22-5-4-18(8-23(22)30-24)32(14-17-11-27-25(15-33)29-17)19-6-20(34-2)9-21(7-19)35-3/h3-15H,16-17H2,1-2H3;3-8,11-17H,9-10H2,1-2H3,(H,31,32);3-6,9-15,33H,7-8,16H2,1-2H3;4-13,25,33H,14-15H2,1-3H3.